The van der Waals surface area contributed by atoms with Crippen molar-refractivity contribution >= 4 is 34.8 Å². The van der Waals surface area contributed by atoms with Crippen LogP contribution in [0.3, 0.4) is 0 Å². The third-order valence-electron chi connectivity index (χ3n) is 5.58. The SMILES string of the molecule is CCOC(=O)C1=c2s/c(=C\c3cccc(OC)c3)c(=O)n2C(N)=C(C#N)[C@H]1c1cccc(OC)c1. The average Bonchev–Trinajstić information content (AvgIpc) is 3.19. The molecule has 0 fully saturated rings. The Bertz CT molecular complexity index is 1560. The van der Waals surface area contributed by atoms with Gasteiger partial charge in [-0.3, -0.25) is 9.36 Å². The molecule has 0 radical (unpaired) electrons. The molecule has 0 spiro atoms. The molecule has 0 aliphatic carbocycles. The van der Waals surface area contributed by atoms with E-state index in [1.165, 1.54) is 11.7 Å². The van der Waals surface area contributed by atoms with Crippen molar-refractivity contribution in [3.63, 3.8) is 0 Å². The van der Waals surface area contributed by atoms with E-state index in [-0.39, 0.29) is 23.6 Å². The minimum absolute atomic E-state index is 0.0186. The summed E-state index contributed by atoms with van der Waals surface area (Å²) in [5, 5.41) is 10.0. The molecule has 1 aliphatic heterocycles. The molecule has 1 aromatic heterocycles. The molecule has 8 nitrogen and oxygen atoms in total. The molecule has 2 N–H and O–H groups in total. The summed E-state index contributed by atoms with van der Waals surface area (Å²) in [4.78, 5) is 26.6. The number of aromatic nitrogens is 1. The molecular formula is C26H23N3O5S. The summed E-state index contributed by atoms with van der Waals surface area (Å²) >= 11 is 1.12. The predicted molar refractivity (Wildman–Crippen MR) is 133 cm³/mol. The zero-order valence-electron chi connectivity index (χ0n) is 19.4. The Morgan fingerprint density at radius 3 is 2.51 bits per heavy atom. The summed E-state index contributed by atoms with van der Waals surface area (Å²) in [7, 11) is 3.09. The highest BCUT2D eigenvalue weighted by Gasteiger charge is 2.36. The number of nitrogens with zero attached hydrogens (tertiary/aromatic N) is 2. The quantitative estimate of drug-likeness (QED) is 0.526. The largest absolute Gasteiger partial charge is 0.497 e. The number of hydrogen-bond acceptors (Lipinski definition) is 8. The number of hydrogen-bond donors (Lipinski definition) is 1. The topological polar surface area (TPSA) is 117 Å². The van der Waals surface area contributed by atoms with Gasteiger partial charge in [-0.15, -0.1) is 11.3 Å². The predicted octanol–water partition coefficient (Wildman–Crippen LogP) is 1.92. The van der Waals surface area contributed by atoms with Crippen molar-refractivity contribution in [3.05, 3.63) is 84.8 Å². The lowest BCUT2D eigenvalue weighted by Crippen LogP contribution is -2.40. The lowest BCUT2D eigenvalue weighted by molar-refractivity contribution is -0.136. The van der Waals surface area contributed by atoms with Gasteiger partial charge in [-0.05, 0) is 48.4 Å². The fourth-order valence-corrected chi connectivity index (χ4v) is 5.16. The highest BCUT2D eigenvalue weighted by molar-refractivity contribution is 7.07. The highest BCUT2D eigenvalue weighted by atomic mass is 32.1. The Kier molecular flexibility index (Phi) is 6.75. The van der Waals surface area contributed by atoms with Gasteiger partial charge < -0.3 is 19.9 Å². The van der Waals surface area contributed by atoms with Crippen LogP contribution in [-0.2, 0) is 9.53 Å². The van der Waals surface area contributed by atoms with Crippen LogP contribution in [0.1, 0.15) is 24.0 Å². The maximum atomic E-state index is 13.4. The molecule has 2 aromatic carbocycles. The fourth-order valence-electron chi connectivity index (χ4n) is 3.99. The summed E-state index contributed by atoms with van der Waals surface area (Å²) in [5.74, 6) is -0.263. The number of methoxy groups -OCH3 is 2. The third kappa shape index (κ3) is 4.32. The number of allylic oxidation sites excluding steroid dienone is 1. The molecule has 1 atom stereocenters. The molecule has 0 saturated heterocycles. The van der Waals surface area contributed by atoms with Gasteiger partial charge in [0.1, 0.15) is 22.0 Å². The molecule has 35 heavy (non-hydrogen) atoms. The van der Waals surface area contributed by atoms with E-state index in [1.54, 1.807) is 56.5 Å². The number of benzene rings is 2. The van der Waals surface area contributed by atoms with E-state index in [2.05, 4.69) is 6.07 Å². The maximum absolute atomic E-state index is 13.4. The number of rotatable bonds is 6. The smallest absolute Gasteiger partial charge is 0.338 e. The highest BCUT2D eigenvalue weighted by Crippen LogP contribution is 2.37. The van der Waals surface area contributed by atoms with Crippen LogP contribution < -0.4 is 30.0 Å². The van der Waals surface area contributed by atoms with E-state index in [4.69, 9.17) is 19.9 Å². The maximum Gasteiger partial charge on any atom is 0.338 e. The molecule has 2 heterocycles. The monoisotopic (exact) mass is 489 g/mol. The van der Waals surface area contributed by atoms with E-state index in [0.29, 0.717) is 26.3 Å². The van der Waals surface area contributed by atoms with Crippen molar-refractivity contribution in [2.75, 3.05) is 20.8 Å². The fraction of sp³-hybridized carbons (Fsp3) is 0.192. The van der Waals surface area contributed by atoms with Gasteiger partial charge in [0.25, 0.3) is 5.56 Å². The second-order valence-electron chi connectivity index (χ2n) is 7.59. The van der Waals surface area contributed by atoms with Gasteiger partial charge in [0.15, 0.2) is 0 Å². The first-order valence-corrected chi connectivity index (χ1v) is 11.6. The molecule has 3 aromatic rings. The second-order valence-corrected chi connectivity index (χ2v) is 8.62. The van der Waals surface area contributed by atoms with Crippen LogP contribution in [0.15, 0.2) is 58.9 Å². The number of fused-ring (bicyclic) bond motifs is 1. The summed E-state index contributed by atoms with van der Waals surface area (Å²) in [6, 6.07) is 16.4. The number of carbonyl (C=O) groups is 1. The van der Waals surface area contributed by atoms with Crippen LogP contribution in [0.2, 0.25) is 0 Å². The van der Waals surface area contributed by atoms with Gasteiger partial charge in [0.2, 0.25) is 0 Å². The third-order valence-corrected chi connectivity index (χ3v) is 6.69. The van der Waals surface area contributed by atoms with Crippen LogP contribution in [0.25, 0.3) is 17.5 Å². The van der Waals surface area contributed by atoms with E-state index >= 15 is 0 Å². The summed E-state index contributed by atoms with van der Waals surface area (Å²) < 4.78 is 17.9. The average molecular weight is 490 g/mol. The number of ether oxygens (including phenoxy) is 3. The van der Waals surface area contributed by atoms with Crippen molar-refractivity contribution in [2.24, 2.45) is 5.73 Å². The summed E-state index contributed by atoms with van der Waals surface area (Å²) in [6.07, 6.45) is 1.70. The summed E-state index contributed by atoms with van der Waals surface area (Å²) in [6.45, 7) is 1.83. The molecule has 1 aliphatic rings. The van der Waals surface area contributed by atoms with Crippen molar-refractivity contribution in [1.82, 2.24) is 4.57 Å². The lowest BCUT2D eigenvalue weighted by Gasteiger charge is -2.25. The van der Waals surface area contributed by atoms with Crippen molar-refractivity contribution < 1.29 is 19.0 Å². The lowest BCUT2D eigenvalue weighted by atomic mass is 9.84. The molecule has 178 valence electrons. The number of esters is 1. The van der Waals surface area contributed by atoms with Gasteiger partial charge >= 0.3 is 5.97 Å². The molecule has 0 bridgehead atoms. The molecule has 0 amide bonds. The standard InChI is InChI=1S/C26H23N3O5S/c1-4-34-26(31)22-21(16-8-6-10-18(13-16)33-3)19(14-27)23(28)29-24(30)20(35-25(22)29)12-15-7-5-9-17(11-15)32-2/h5-13,21H,4,28H2,1-3H3/b20-12-/t21-/m1/s1. The number of carbonyl (C=O) groups excluding carboxylic acids is 1. The van der Waals surface area contributed by atoms with E-state index in [1.807, 2.05) is 12.1 Å². The first-order valence-electron chi connectivity index (χ1n) is 10.8. The van der Waals surface area contributed by atoms with Crippen LogP contribution in [0, 0.1) is 11.3 Å². The summed E-state index contributed by atoms with van der Waals surface area (Å²) in [5.41, 5.74) is 7.59. The minimum atomic E-state index is -0.822. The molecule has 9 heteroatoms. The van der Waals surface area contributed by atoms with Crippen LogP contribution in [-0.4, -0.2) is 31.4 Å². The Labute approximate surface area is 205 Å². The molecule has 0 saturated carbocycles. The first kappa shape index (κ1) is 23.9. The van der Waals surface area contributed by atoms with Crippen LogP contribution >= 0.6 is 11.3 Å². The number of nitriles is 1. The molecular weight excluding hydrogens is 466 g/mol. The zero-order valence-corrected chi connectivity index (χ0v) is 20.2. The van der Waals surface area contributed by atoms with E-state index in [9.17, 15) is 14.9 Å². The zero-order chi connectivity index (χ0) is 25.1. The van der Waals surface area contributed by atoms with E-state index in [0.717, 1.165) is 16.9 Å². The van der Waals surface area contributed by atoms with Crippen molar-refractivity contribution in [3.8, 4) is 17.6 Å². The van der Waals surface area contributed by atoms with Gasteiger partial charge in [-0.1, -0.05) is 24.3 Å². The van der Waals surface area contributed by atoms with Gasteiger partial charge in [0.05, 0.1) is 48.5 Å². The van der Waals surface area contributed by atoms with Crippen molar-refractivity contribution in [1.29, 1.82) is 5.26 Å². The number of nitrogens with two attached hydrogens (primary N) is 1. The molecule has 4 rings (SSSR count). The Hall–Kier alpha value is -4.29. The molecule has 0 unspecified atom stereocenters. The minimum Gasteiger partial charge on any atom is -0.497 e. The number of thiazole rings is 1. The van der Waals surface area contributed by atoms with Crippen LogP contribution in [0.5, 0.6) is 11.5 Å². The van der Waals surface area contributed by atoms with Crippen LogP contribution in [0.4, 0.5) is 0 Å². The van der Waals surface area contributed by atoms with Gasteiger partial charge in [-0.25, -0.2) is 4.79 Å². The van der Waals surface area contributed by atoms with E-state index < -0.39 is 17.4 Å². The Morgan fingerprint density at radius 2 is 1.86 bits per heavy atom. The van der Waals surface area contributed by atoms with Gasteiger partial charge in [0, 0.05) is 0 Å². The van der Waals surface area contributed by atoms with Crippen molar-refractivity contribution in [2.45, 2.75) is 12.8 Å². The Morgan fingerprint density at radius 1 is 1.17 bits per heavy atom. The Balaban J connectivity index is 2.07. The normalized spacial score (nSPS) is 15.4. The van der Waals surface area contributed by atoms with Gasteiger partial charge in [-0.2, -0.15) is 5.26 Å². The first-order chi connectivity index (χ1) is 16.9. The second kappa shape index (κ2) is 9.91.